The number of carboxylic acids is 1. The van der Waals surface area contributed by atoms with Gasteiger partial charge in [-0.2, -0.15) is 0 Å². The molecule has 0 aliphatic carbocycles. The average Bonchev–Trinajstić information content (AvgIpc) is 2.48. The minimum Gasteiger partial charge on any atom is -0.478 e. The van der Waals surface area contributed by atoms with Crippen LogP contribution in [0.3, 0.4) is 0 Å². The summed E-state index contributed by atoms with van der Waals surface area (Å²) in [4.78, 5) is 10.6. The van der Waals surface area contributed by atoms with Crippen LogP contribution < -0.4 is 0 Å². The van der Waals surface area contributed by atoms with Gasteiger partial charge in [0.15, 0.2) is 0 Å². The van der Waals surface area contributed by atoms with Crippen LogP contribution >= 0.6 is 11.3 Å². The predicted octanol–water partition coefficient (Wildman–Crippen LogP) is 2.74. The first-order valence-corrected chi connectivity index (χ1v) is 4.46. The van der Waals surface area contributed by atoms with Crippen molar-refractivity contribution in [3.8, 4) is 0 Å². The zero-order valence-electron chi connectivity index (χ0n) is 6.45. The molecule has 0 aliphatic heterocycles. The Balaban J connectivity index is 2.76. The molecule has 2 rings (SSSR count). The molecule has 0 saturated carbocycles. The maximum atomic E-state index is 13.1. The number of thiophene rings is 1. The third-order valence-electron chi connectivity index (χ3n) is 1.77. The van der Waals surface area contributed by atoms with Gasteiger partial charge in [-0.05, 0) is 29.0 Å². The molecule has 0 bridgehead atoms. The molecule has 0 unspecified atom stereocenters. The number of carbonyl (C=O) groups is 1. The van der Waals surface area contributed by atoms with Crippen molar-refractivity contribution in [3.63, 3.8) is 0 Å². The van der Waals surface area contributed by atoms with Gasteiger partial charge >= 0.3 is 5.97 Å². The SMILES string of the molecule is O=C(O)c1cc2ccsc2cc1F. The minimum absolute atomic E-state index is 0.272. The van der Waals surface area contributed by atoms with Gasteiger partial charge in [-0.15, -0.1) is 11.3 Å². The van der Waals surface area contributed by atoms with Gasteiger partial charge in [-0.3, -0.25) is 0 Å². The summed E-state index contributed by atoms with van der Waals surface area (Å²) in [6.07, 6.45) is 0. The molecule has 2 nitrogen and oxygen atoms in total. The summed E-state index contributed by atoms with van der Waals surface area (Å²) >= 11 is 1.39. The van der Waals surface area contributed by atoms with Crippen LogP contribution in [0.25, 0.3) is 10.1 Å². The van der Waals surface area contributed by atoms with Crippen molar-refractivity contribution < 1.29 is 14.3 Å². The Kier molecular flexibility index (Phi) is 1.77. The van der Waals surface area contributed by atoms with Crippen LogP contribution in [0.2, 0.25) is 0 Å². The van der Waals surface area contributed by atoms with E-state index in [0.29, 0.717) is 0 Å². The van der Waals surface area contributed by atoms with Crippen LogP contribution in [0.5, 0.6) is 0 Å². The molecular formula is C9H5FO2S. The van der Waals surface area contributed by atoms with Gasteiger partial charge in [0.25, 0.3) is 0 Å². The fourth-order valence-electron chi connectivity index (χ4n) is 1.15. The van der Waals surface area contributed by atoms with Gasteiger partial charge in [-0.1, -0.05) is 0 Å². The summed E-state index contributed by atoms with van der Waals surface area (Å²) < 4.78 is 13.8. The molecular weight excluding hydrogens is 191 g/mol. The zero-order chi connectivity index (χ0) is 9.42. The lowest BCUT2D eigenvalue weighted by atomic mass is 10.1. The van der Waals surface area contributed by atoms with Crippen LogP contribution in [0.15, 0.2) is 23.6 Å². The van der Waals surface area contributed by atoms with Crippen molar-refractivity contribution in [3.05, 3.63) is 35.0 Å². The lowest BCUT2D eigenvalue weighted by Crippen LogP contribution is -1.99. The number of aromatic carboxylic acids is 1. The second-order valence-electron chi connectivity index (χ2n) is 2.60. The summed E-state index contributed by atoms with van der Waals surface area (Å²) in [7, 11) is 0. The highest BCUT2D eigenvalue weighted by molar-refractivity contribution is 7.17. The third kappa shape index (κ3) is 1.29. The van der Waals surface area contributed by atoms with Gasteiger partial charge in [0, 0.05) is 4.70 Å². The van der Waals surface area contributed by atoms with Crippen LogP contribution in [-0.4, -0.2) is 11.1 Å². The van der Waals surface area contributed by atoms with Crippen LogP contribution in [-0.2, 0) is 0 Å². The van der Waals surface area contributed by atoms with Crippen molar-refractivity contribution in [1.29, 1.82) is 0 Å². The molecule has 0 amide bonds. The Bertz CT molecular complexity index is 475. The van der Waals surface area contributed by atoms with Gasteiger partial charge in [-0.25, -0.2) is 9.18 Å². The van der Waals surface area contributed by atoms with Crippen molar-refractivity contribution >= 4 is 27.4 Å². The number of benzene rings is 1. The molecule has 13 heavy (non-hydrogen) atoms. The Hall–Kier alpha value is -1.42. The van der Waals surface area contributed by atoms with Gasteiger partial charge in [0.2, 0.25) is 0 Å². The monoisotopic (exact) mass is 196 g/mol. The van der Waals surface area contributed by atoms with Crippen molar-refractivity contribution in [2.75, 3.05) is 0 Å². The second kappa shape index (κ2) is 2.81. The molecule has 0 spiro atoms. The van der Waals surface area contributed by atoms with Gasteiger partial charge < -0.3 is 5.11 Å². The van der Waals surface area contributed by atoms with Crippen LogP contribution in [0.1, 0.15) is 10.4 Å². The van der Waals surface area contributed by atoms with E-state index in [9.17, 15) is 9.18 Å². The number of fused-ring (bicyclic) bond motifs is 1. The maximum absolute atomic E-state index is 13.1. The Labute approximate surface area is 77.2 Å². The summed E-state index contributed by atoms with van der Waals surface area (Å²) in [5.74, 6) is -1.91. The summed E-state index contributed by atoms with van der Waals surface area (Å²) in [5, 5.41) is 11.2. The smallest absolute Gasteiger partial charge is 0.338 e. The fraction of sp³-hybridized carbons (Fsp3) is 0. The first-order valence-electron chi connectivity index (χ1n) is 3.58. The lowest BCUT2D eigenvalue weighted by Gasteiger charge is -1.96. The number of rotatable bonds is 1. The summed E-state index contributed by atoms with van der Waals surface area (Å²) in [6.45, 7) is 0. The molecule has 66 valence electrons. The topological polar surface area (TPSA) is 37.3 Å². The largest absolute Gasteiger partial charge is 0.478 e. The third-order valence-corrected chi connectivity index (χ3v) is 2.65. The molecule has 0 saturated heterocycles. The lowest BCUT2D eigenvalue weighted by molar-refractivity contribution is 0.0692. The minimum atomic E-state index is -1.23. The first kappa shape index (κ1) is 8.19. The van der Waals surface area contributed by atoms with E-state index >= 15 is 0 Å². The fourth-order valence-corrected chi connectivity index (χ4v) is 1.94. The van der Waals surface area contributed by atoms with E-state index in [2.05, 4.69) is 0 Å². The zero-order valence-corrected chi connectivity index (χ0v) is 7.27. The Morgan fingerprint density at radius 3 is 2.92 bits per heavy atom. The highest BCUT2D eigenvalue weighted by Gasteiger charge is 2.11. The summed E-state index contributed by atoms with van der Waals surface area (Å²) in [5.41, 5.74) is -0.272. The van der Waals surface area contributed by atoms with Crippen molar-refractivity contribution in [1.82, 2.24) is 0 Å². The molecule has 1 aromatic carbocycles. The molecule has 0 atom stereocenters. The average molecular weight is 196 g/mol. The molecule has 0 fully saturated rings. The highest BCUT2D eigenvalue weighted by atomic mass is 32.1. The number of hydrogen-bond acceptors (Lipinski definition) is 2. The predicted molar refractivity (Wildman–Crippen MR) is 48.7 cm³/mol. The van der Waals surface area contributed by atoms with E-state index in [1.54, 1.807) is 11.4 Å². The normalized spacial score (nSPS) is 10.5. The van der Waals surface area contributed by atoms with E-state index < -0.39 is 11.8 Å². The number of carboxylic acid groups (broad SMARTS) is 1. The van der Waals surface area contributed by atoms with E-state index in [1.807, 2.05) is 0 Å². The number of halogens is 1. The quantitative estimate of drug-likeness (QED) is 0.761. The molecule has 2 aromatic rings. The molecule has 1 aromatic heterocycles. The molecule has 1 heterocycles. The van der Waals surface area contributed by atoms with E-state index in [-0.39, 0.29) is 5.56 Å². The number of hydrogen-bond donors (Lipinski definition) is 1. The standard InChI is InChI=1S/C9H5FO2S/c10-7-4-8-5(1-2-13-8)3-6(7)9(11)12/h1-4H,(H,11,12). The molecule has 4 heteroatoms. The molecule has 0 aliphatic rings. The van der Waals surface area contributed by atoms with E-state index in [1.165, 1.54) is 23.5 Å². The first-order chi connectivity index (χ1) is 6.18. The maximum Gasteiger partial charge on any atom is 0.338 e. The molecule has 1 N–H and O–H groups in total. The van der Waals surface area contributed by atoms with E-state index in [0.717, 1.165) is 10.1 Å². The van der Waals surface area contributed by atoms with Crippen molar-refractivity contribution in [2.45, 2.75) is 0 Å². The van der Waals surface area contributed by atoms with Crippen molar-refractivity contribution in [2.24, 2.45) is 0 Å². The van der Waals surface area contributed by atoms with Gasteiger partial charge in [0.1, 0.15) is 5.82 Å². The van der Waals surface area contributed by atoms with Crippen LogP contribution in [0.4, 0.5) is 4.39 Å². The molecule has 0 radical (unpaired) electrons. The van der Waals surface area contributed by atoms with Gasteiger partial charge in [0.05, 0.1) is 5.56 Å². The summed E-state index contributed by atoms with van der Waals surface area (Å²) in [6, 6.07) is 4.37. The van der Waals surface area contributed by atoms with Crippen LogP contribution in [0, 0.1) is 5.82 Å². The Morgan fingerprint density at radius 2 is 2.23 bits per heavy atom. The Morgan fingerprint density at radius 1 is 1.46 bits per heavy atom. The highest BCUT2D eigenvalue weighted by Crippen LogP contribution is 2.24. The van der Waals surface area contributed by atoms with E-state index in [4.69, 9.17) is 5.11 Å². The second-order valence-corrected chi connectivity index (χ2v) is 3.54.